The number of benzene rings is 3. The van der Waals surface area contributed by atoms with E-state index >= 15 is 0 Å². The van der Waals surface area contributed by atoms with Crippen molar-refractivity contribution in [2.75, 3.05) is 0 Å². The molecule has 1 aromatic heterocycles. The van der Waals surface area contributed by atoms with Gasteiger partial charge in [-0.05, 0) is 53.9 Å². The number of nitrogens with one attached hydrogen (secondary N) is 1. The quantitative estimate of drug-likeness (QED) is 0.198. The Morgan fingerprint density at radius 1 is 0.857 bits per heavy atom. The van der Waals surface area contributed by atoms with Crippen LogP contribution in [0.5, 0.6) is 5.75 Å². The Hall–Kier alpha value is -4.42. The van der Waals surface area contributed by atoms with Gasteiger partial charge in [0.15, 0.2) is 0 Å². The summed E-state index contributed by atoms with van der Waals surface area (Å²) >= 11 is 0. The molecule has 1 unspecified atom stereocenters. The Bertz CT molecular complexity index is 1550. The summed E-state index contributed by atoms with van der Waals surface area (Å²) in [5.41, 5.74) is -3.05. The van der Waals surface area contributed by atoms with Crippen LogP contribution in [0.25, 0.3) is 0 Å². The number of hydrogen-bond donors (Lipinski definition) is 1. The summed E-state index contributed by atoms with van der Waals surface area (Å²) in [5.74, 6) is -6.35. The lowest BCUT2D eigenvalue weighted by Gasteiger charge is -2.37. The summed E-state index contributed by atoms with van der Waals surface area (Å²) in [6.45, 7) is 1.17. The van der Waals surface area contributed by atoms with Crippen molar-refractivity contribution in [3.05, 3.63) is 124 Å². The number of carbonyl (C=O) groups is 1. The fourth-order valence-electron chi connectivity index (χ4n) is 4.42. The smallest absolute Gasteiger partial charge is 0.456 e. The van der Waals surface area contributed by atoms with Crippen molar-refractivity contribution >= 4 is 5.91 Å². The van der Waals surface area contributed by atoms with E-state index in [9.17, 15) is 44.3 Å². The van der Waals surface area contributed by atoms with Crippen molar-refractivity contribution in [1.29, 1.82) is 0 Å². The number of carbonyl (C=O) groups excluding carboxylic acids is 1. The molecule has 0 bridgehead atoms. The van der Waals surface area contributed by atoms with Crippen molar-refractivity contribution < 1.29 is 53.5 Å². The van der Waals surface area contributed by atoms with Gasteiger partial charge in [-0.3, -0.25) is 4.79 Å². The standard InChI is InChI=1S/C29H20F9NO3/c1-16-11-23(24(41-16)28(34,35)36)25(40)39-27(15-17-5-3-2-4-6-17,18-7-9-20(30)10-8-18)19-12-21(31)14-22(13-19)42-29(37,38)26(32)33/h2-14,26H,15H2,1H3,(H,39,40). The molecule has 0 aliphatic rings. The lowest BCUT2D eigenvalue weighted by molar-refractivity contribution is -0.253. The van der Waals surface area contributed by atoms with Crippen molar-refractivity contribution in [1.82, 2.24) is 5.32 Å². The molecule has 1 amide bonds. The minimum absolute atomic E-state index is 0.0213. The van der Waals surface area contributed by atoms with Crippen molar-refractivity contribution in [3.63, 3.8) is 0 Å². The van der Waals surface area contributed by atoms with E-state index in [1.165, 1.54) is 6.92 Å². The van der Waals surface area contributed by atoms with Gasteiger partial charge < -0.3 is 14.5 Å². The van der Waals surface area contributed by atoms with E-state index < -0.39 is 58.9 Å². The second-order valence-corrected chi connectivity index (χ2v) is 9.27. The maximum absolute atomic E-state index is 14.9. The van der Waals surface area contributed by atoms with Gasteiger partial charge in [0.2, 0.25) is 5.76 Å². The number of aryl methyl sites for hydroxylation is 1. The Morgan fingerprint density at radius 2 is 1.50 bits per heavy atom. The van der Waals surface area contributed by atoms with E-state index in [0.717, 1.165) is 42.5 Å². The van der Waals surface area contributed by atoms with Crippen LogP contribution in [0.4, 0.5) is 39.5 Å². The topological polar surface area (TPSA) is 51.5 Å². The molecule has 4 rings (SSSR count). The number of furan rings is 1. The number of halogens is 9. The number of amides is 1. The molecule has 1 atom stereocenters. The van der Waals surface area contributed by atoms with Gasteiger partial charge in [-0.1, -0.05) is 42.5 Å². The lowest BCUT2D eigenvalue weighted by Crippen LogP contribution is -2.49. The summed E-state index contributed by atoms with van der Waals surface area (Å²) < 4.78 is 132. The van der Waals surface area contributed by atoms with Crippen molar-refractivity contribution in [3.8, 4) is 5.75 Å². The van der Waals surface area contributed by atoms with E-state index in [-0.39, 0.29) is 23.3 Å². The van der Waals surface area contributed by atoms with E-state index in [1.54, 1.807) is 30.3 Å². The van der Waals surface area contributed by atoms with E-state index in [2.05, 4.69) is 10.1 Å². The first-order chi connectivity index (χ1) is 19.6. The molecule has 4 nitrogen and oxygen atoms in total. The zero-order valence-electron chi connectivity index (χ0n) is 21.4. The lowest BCUT2D eigenvalue weighted by atomic mass is 9.77. The Kier molecular flexibility index (Phi) is 8.33. The van der Waals surface area contributed by atoms with Gasteiger partial charge in [0.1, 0.15) is 23.1 Å². The van der Waals surface area contributed by atoms with Crippen LogP contribution >= 0.6 is 0 Å². The van der Waals surface area contributed by atoms with Gasteiger partial charge in [0.25, 0.3) is 5.91 Å². The highest BCUT2D eigenvalue weighted by Gasteiger charge is 2.46. The van der Waals surface area contributed by atoms with Gasteiger partial charge in [0.05, 0.1) is 11.1 Å². The summed E-state index contributed by atoms with van der Waals surface area (Å²) in [7, 11) is 0. The SMILES string of the molecule is Cc1cc(C(=O)NC(Cc2ccccc2)(c2ccc(F)cc2)c2cc(F)cc(OC(F)(F)C(F)F)c2)c(C(F)(F)F)o1. The fraction of sp³-hybridized carbons (Fsp3) is 0.207. The predicted molar refractivity (Wildman–Crippen MR) is 131 cm³/mol. The maximum atomic E-state index is 14.9. The third kappa shape index (κ3) is 6.55. The highest BCUT2D eigenvalue weighted by molar-refractivity contribution is 5.96. The van der Waals surface area contributed by atoms with Gasteiger partial charge in [-0.25, -0.2) is 8.78 Å². The van der Waals surface area contributed by atoms with E-state index in [1.807, 2.05) is 0 Å². The molecule has 3 aromatic carbocycles. The molecule has 1 N–H and O–H groups in total. The van der Waals surface area contributed by atoms with Crippen LogP contribution in [0.1, 0.15) is 38.6 Å². The summed E-state index contributed by atoms with van der Waals surface area (Å²) in [5, 5.41) is 2.43. The fourth-order valence-corrected chi connectivity index (χ4v) is 4.42. The average molecular weight is 601 g/mol. The molecule has 4 aromatic rings. The molecule has 0 saturated carbocycles. The molecule has 0 aliphatic carbocycles. The van der Waals surface area contributed by atoms with Crippen LogP contribution in [0.2, 0.25) is 0 Å². The molecular weight excluding hydrogens is 581 g/mol. The molecule has 0 radical (unpaired) electrons. The van der Waals surface area contributed by atoms with Gasteiger partial charge in [-0.15, -0.1) is 0 Å². The molecule has 42 heavy (non-hydrogen) atoms. The van der Waals surface area contributed by atoms with Gasteiger partial charge >= 0.3 is 18.7 Å². The third-order valence-corrected chi connectivity index (χ3v) is 6.21. The molecular formula is C29H20F9NO3. The Balaban J connectivity index is 1.97. The first-order valence-corrected chi connectivity index (χ1v) is 12.1. The summed E-state index contributed by atoms with van der Waals surface area (Å²) in [6, 6.07) is 14.8. The van der Waals surface area contributed by atoms with Crippen molar-refractivity contribution in [2.24, 2.45) is 0 Å². The van der Waals surface area contributed by atoms with Gasteiger partial charge in [0, 0.05) is 12.5 Å². The zero-order chi connectivity index (χ0) is 30.9. The molecule has 0 fully saturated rings. The van der Waals surface area contributed by atoms with Crippen LogP contribution in [0, 0.1) is 18.6 Å². The maximum Gasteiger partial charge on any atom is 0.461 e. The number of alkyl halides is 7. The largest absolute Gasteiger partial charge is 0.461 e. The van der Waals surface area contributed by atoms with Crippen LogP contribution < -0.4 is 10.1 Å². The Labute approximate surface area is 232 Å². The number of rotatable bonds is 9. The molecule has 1 heterocycles. The van der Waals surface area contributed by atoms with Crippen LogP contribution in [-0.2, 0) is 18.1 Å². The molecule has 13 heteroatoms. The van der Waals surface area contributed by atoms with Crippen LogP contribution in [0.3, 0.4) is 0 Å². The molecule has 0 aliphatic heterocycles. The first kappa shape index (κ1) is 30.5. The third-order valence-electron chi connectivity index (χ3n) is 6.21. The predicted octanol–water partition coefficient (Wildman–Crippen LogP) is 8.04. The average Bonchev–Trinajstić information content (AvgIpc) is 3.31. The first-order valence-electron chi connectivity index (χ1n) is 12.1. The minimum atomic E-state index is -5.10. The Morgan fingerprint density at radius 3 is 2.10 bits per heavy atom. The molecule has 0 saturated heterocycles. The molecule has 0 spiro atoms. The highest BCUT2D eigenvalue weighted by Crippen LogP contribution is 2.39. The van der Waals surface area contributed by atoms with E-state index in [0.29, 0.717) is 11.6 Å². The number of hydrogen-bond acceptors (Lipinski definition) is 3. The number of ether oxygens (including phenoxy) is 1. The van der Waals surface area contributed by atoms with E-state index in [4.69, 9.17) is 4.42 Å². The highest BCUT2D eigenvalue weighted by atomic mass is 19.4. The van der Waals surface area contributed by atoms with Gasteiger partial charge in [-0.2, -0.15) is 30.7 Å². The minimum Gasteiger partial charge on any atom is -0.456 e. The second kappa shape index (κ2) is 11.5. The van der Waals surface area contributed by atoms with Crippen LogP contribution in [0.15, 0.2) is 83.3 Å². The monoisotopic (exact) mass is 601 g/mol. The summed E-state index contributed by atoms with van der Waals surface area (Å²) in [6.07, 6.45) is -14.8. The normalized spacial score (nSPS) is 13.6. The van der Waals surface area contributed by atoms with Crippen LogP contribution in [-0.4, -0.2) is 18.4 Å². The summed E-state index contributed by atoms with van der Waals surface area (Å²) in [4.78, 5) is 13.5. The van der Waals surface area contributed by atoms with Crippen molar-refractivity contribution in [2.45, 2.75) is 37.6 Å². The second-order valence-electron chi connectivity index (χ2n) is 9.27. The zero-order valence-corrected chi connectivity index (χ0v) is 21.4. The molecule has 222 valence electrons.